The van der Waals surface area contributed by atoms with Crippen molar-refractivity contribution in [2.45, 2.75) is 90.6 Å². The Bertz CT molecular complexity index is 1160. The van der Waals surface area contributed by atoms with Crippen molar-refractivity contribution in [2.75, 3.05) is 6.54 Å². The summed E-state index contributed by atoms with van der Waals surface area (Å²) in [6.07, 6.45) is 1.13. The van der Waals surface area contributed by atoms with Crippen LogP contribution in [0.3, 0.4) is 0 Å². The van der Waals surface area contributed by atoms with Crippen molar-refractivity contribution in [3.05, 3.63) is 71.8 Å². The third-order valence-electron chi connectivity index (χ3n) is 6.63. The van der Waals surface area contributed by atoms with E-state index in [-0.39, 0.29) is 18.9 Å². The van der Waals surface area contributed by atoms with Gasteiger partial charge in [-0.05, 0) is 57.1 Å². The molecule has 2 aromatic rings. The molecule has 0 saturated carbocycles. The third-order valence-corrected chi connectivity index (χ3v) is 6.63. The number of nitrogens with one attached hydrogen (secondary N) is 2. The highest BCUT2D eigenvalue weighted by molar-refractivity contribution is 5.93. The van der Waals surface area contributed by atoms with Gasteiger partial charge in [-0.2, -0.15) is 0 Å². The number of rotatable bonds is 11. The van der Waals surface area contributed by atoms with Crippen LogP contribution < -0.4 is 10.6 Å². The molecule has 9 heteroatoms. The number of benzene rings is 2. The highest BCUT2D eigenvalue weighted by atomic mass is 16.6. The molecule has 3 atom stereocenters. The summed E-state index contributed by atoms with van der Waals surface area (Å²) in [4.78, 5) is 54.3. The molecule has 3 rings (SSSR count). The van der Waals surface area contributed by atoms with Crippen LogP contribution in [0, 0.1) is 5.92 Å². The summed E-state index contributed by atoms with van der Waals surface area (Å²) in [6.45, 7) is 9.72. The Labute approximate surface area is 243 Å². The van der Waals surface area contributed by atoms with Crippen LogP contribution >= 0.6 is 0 Å². The summed E-state index contributed by atoms with van der Waals surface area (Å²) in [7, 11) is 0. The van der Waals surface area contributed by atoms with Crippen LogP contribution in [0.25, 0.3) is 0 Å². The second-order valence-corrected chi connectivity index (χ2v) is 11.9. The molecule has 0 aromatic heterocycles. The van der Waals surface area contributed by atoms with E-state index in [4.69, 9.17) is 9.47 Å². The summed E-state index contributed by atoms with van der Waals surface area (Å²) in [6, 6.07) is 16.1. The van der Waals surface area contributed by atoms with E-state index in [0.29, 0.717) is 25.8 Å². The van der Waals surface area contributed by atoms with E-state index in [1.165, 1.54) is 4.90 Å². The molecule has 1 heterocycles. The Morgan fingerprint density at radius 1 is 0.902 bits per heavy atom. The predicted molar refractivity (Wildman–Crippen MR) is 156 cm³/mol. The van der Waals surface area contributed by atoms with Crippen molar-refractivity contribution >= 4 is 23.9 Å². The van der Waals surface area contributed by atoms with E-state index in [9.17, 15) is 19.2 Å². The Kier molecular flexibility index (Phi) is 11.3. The monoisotopic (exact) mass is 565 g/mol. The van der Waals surface area contributed by atoms with Crippen LogP contribution in [-0.4, -0.2) is 59.0 Å². The van der Waals surface area contributed by atoms with Crippen molar-refractivity contribution < 1.29 is 28.7 Å². The van der Waals surface area contributed by atoms with Crippen LogP contribution in [0.2, 0.25) is 0 Å². The zero-order valence-electron chi connectivity index (χ0n) is 24.7. The second kappa shape index (κ2) is 14.7. The Morgan fingerprint density at radius 3 is 2.10 bits per heavy atom. The van der Waals surface area contributed by atoms with Crippen LogP contribution in [0.5, 0.6) is 0 Å². The Hall–Kier alpha value is -3.88. The fourth-order valence-electron chi connectivity index (χ4n) is 4.72. The summed E-state index contributed by atoms with van der Waals surface area (Å²) in [5.74, 6) is -1.33. The Balaban J connectivity index is 1.73. The van der Waals surface area contributed by atoms with E-state index < -0.39 is 47.6 Å². The van der Waals surface area contributed by atoms with Crippen molar-refractivity contribution in [2.24, 2.45) is 5.92 Å². The van der Waals surface area contributed by atoms with Crippen LogP contribution in [0.4, 0.5) is 4.79 Å². The number of carbonyl (C=O) groups excluding carboxylic acids is 4. The summed E-state index contributed by atoms with van der Waals surface area (Å²) in [5, 5.41) is 5.69. The smallest absolute Gasteiger partial charge is 0.410 e. The minimum atomic E-state index is -0.968. The molecule has 0 radical (unpaired) electrons. The van der Waals surface area contributed by atoms with E-state index in [0.717, 1.165) is 11.1 Å². The first-order valence-corrected chi connectivity index (χ1v) is 14.3. The van der Waals surface area contributed by atoms with Gasteiger partial charge in [0.2, 0.25) is 11.8 Å². The van der Waals surface area contributed by atoms with Crippen molar-refractivity contribution in [3.63, 3.8) is 0 Å². The minimum Gasteiger partial charge on any atom is -0.458 e. The normalized spacial score (nSPS) is 16.5. The maximum Gasteiger partial charge on any atom is 0.410 e. The minimum absolute atomic E-state index is 0.103. The molecule has 9 nitrogen and oxygen atoms in total. The van der Waals surface area contributed by atoms with Gasteiger partial charge in [-0.25, -0.2) is 9.59 Å². The van der Waals surface area contributed by atoms with Gasteiger partial charge >= 0.3 is 12.1 Å². The molecule has 0 unspecified atom stereocenters. The van der Waals surface area contributed by atoms with Gasteiger partial charge in [-0.3, -0.25) is 14.5 Å². The number of esters is 1. The first kappa shape index (κ1) is 31.6. The Morgan fingerprint density at radius 2 is 1.51 bits per heavy atom. The average molecular weight is 566 g/mol. The van der Waals surface area contributed by atoms with E-state index in [1.807, 2.05) is 74.5 Å². The lowest BCUT2D eigenvalue weighted by Gasteiger charge is -2.28. The largest absolute Gasteiger partial charge is 0.458 e. The molecule has 1 saturated heterocycles. The van der Waals surface area contributed by atoms with E-state index in [1.54, 1.807) is 20.8 Å². The lowest BCUT2D eigenvalue weighted by Crippen LogP contribution is -2.56. The first-order chi connectivity index (χ1) is 19.4. The molecule has 0 aliphatic carbocycles. The van der Waals surface area contributed by atoms with Gasteiger partial charge in [0.05, 0.1) is 0 Å². The standard InChI is InChI=1S/C32H43N3O6/c1-22(2)19-26(30(38)41-32(3,4)5)34-28(36)25(20-23-13-8-6-9-14-23)33-29(37)27-17-12-18-35(27)31(39)40-21-24-15-10-7-11-16-24/h6-11,13-16,22,25-27H,12,17-21H2,1-5H3,(H,33,37)(H,34,36)/t25-,26-,27-/m0/s1. The zero-order chi connectivity index (χ0) is 30.0. The highest BCUT2D eigenvalue weighted by Crippen LogP contribution is 2.20. The number of hydrogen-bond donors (Lipinski definition) is 2. The number of carbonyl (C=O) groups is 4. The van der Waals surface area contributed by atoms with Gasteiger partial charge in [0, 0.05) is 13.0 Å². The molecule has 1 fully saturated rings. The van der Waals surface area contributed by atoms with Crippen LogP contribution in [0.15, 0.2) is 60.7 Å². The molecule has 0 spiro atoms. The summed E-state index contributed by atoms with van der Waals surface area (Å²) < 4.78 is 11.0. The van der Waals surface area contributed by atoms with Crippen molar-refractivity contribution in [1.82, 2.24) is 15.5 Å². The van der Waals surface area contributed by atoms with Crippen molar-refractivity contribution in [3.8, 4) is 0 Å². The first-order valence-electron chi connectivity index (χ1n) is 14.3. The van der Waals surface area contributed by atoms with Crippen molar-refractivity contribution in [1.29, 1.82) is 0 Å². The third kappa shape index (κ3) is 10.2. The van der Waals surface area contributed by atoms with E-state index in [2.05, 4.69) is 10.6 Å². The molecule has 41 heavy (non-hydrogen) atoms. The van der Waals surface area contributed by atoms with E-state index >= 15 is 0 Å². The van der Waals surface area contributed by atoms with Gasteiger partial charge in [0.15, 0.2) is 0 Å². The molecule has 2 aromatic carbocycles. The quantitative estimate of drug-likeness (QED) is 0.391. The van der Waals surface area contributed by atoms with Gasteiger partial charge in [0.1, 0.15) is 30.3 Å². The molecular weight excluding hydrogens is 522 g/mol. The fourth-order valence-corrected chi connectivity index (χ4v) is 4.72. The maximum atomic E-state index is 13.6. The second-order valence-electron chi connectivity index (χ2n) is 11.9. The number of ether oxygens (including phenoxy) is 2. The fraction of sp³-hybridized carbons (Fsp3) is 0.500. The molecule has 0 bridgehead atoms. The van der Waals surface area contributed by atoms with Gasteiger partial charge < -0.3 is 20.1 Å². The summed E-state index contributed by atoms with van der Waals surface area (Å²) >= 11 is 0. The lowest BCUT2D eigenvalue weighted by atomic mass is 10.0. The molecule has 3 amide bonds. The number of nitrogens with zero attached hydrogens (tertiary/aromatic N) is 1. The topological polar surface area (TPSA) is 114 Å². The summed E-state index contributed by atoms with van der Waals surface area (Å²) in [5.41, 5.74) is 0.980. The highest BCUT2D eigenvalue weighted by Gasteiger charge is 2.37. The number of amides is 3. The van der Waals surface area contributed by atoms with Gasteiger partial charge in [-0.15, -0.1) is 0 Å². The SMILES string of the molecule is CC(C)C[C@H](NC(=O)[C@H](Cc1ccccc1)NC(=O)[C@@H]1CCCN1C(=O)OCc1ccccc1)C(=O)OC(C)(C)C. The number of hydrogen-bond acceptors (Lipinski definition) is 6. The van der Waals surface area contributed by atoms with Crippen LogP contribution in [0.1, 0.15) is 65.0 Å². The number of likely N-dealkylation sites (tertiary alicyclic amines) is 1. The van der Waals surface area contributed by atoms with Gasteiger partial charge in [-0.1, -0.05) is 74.5 Å². The molecule has 2 N–H and O–H groups in total. The lowest BCUT2D eigenvalue weighted by molar-refractivity contribution is -0.159. The zero-order valence-corrected chi connectivity index (χ0v) is 24.7. The van der Waals surface area contributed by atoms with Crippen LogP contribution in [-0.2, 0) is 36.9 Å². The average Bonchev–Trinajstić information content (AvgIpc) is 3.41. The predicted octanol–water partition coefficient (Wildman–Crippen LogP) is 4.39. The maximum absolute atomic E-state index is 13.6. The van der Waals surface area contributed by atoms with Gasteiger partial charge in [0.25, 0.3) is 0 Å². The molecule has 1 aliphatic heterocycles. The molecule has 222 valence electrons. The molecule has 1 aliphatic rings. The molecular formula is C32H43N3O6.